The first-order valence-corrected chi connectivity index (χ1v) is 13.9. The van der Waals surface area contributed by atoms with Crippen LogP contribution in [0.2, 0.25) is 0 Å². The van der Waals surface area contributed by atoms with Crippen LogP contribution in [-0.4, -0.2) is 81.1 Å². The quantitative estimate of drug-likeness (QED) is 0.450. The number of methoxy groups -OCH3 is 1. The number of fused-ring (bicyclic) bond motifs is 1. The van der Waals surface area contributed by atoms with Gasteiger partial charge in [-0.05, 0) is 24.3 Å². The Morgan fingerprint density at radius 2 is 1.66 bits per heavy atom. The highest BCUT2D eigenvalue weighted by Gasteiger charge is 2.27. The first-order valence-electron chi connectivity index (χ1n) is 11.3. The Balaban J connectivity index is 1.39. The summed E-state index contributed by atoms with van der Waals surface area (Å²) in [5.74, 6) is -2.77. The zero-order valence-electron chi connectivity index (χ0n) is 19.5. The summed E-state index contributed by atoms with van der Waals surface area (Å²) in [4.78, 5) is 33.4. The number of amides is 2. The maximum absolute atomic E-state index is 12.7. The van der Waals surface area contributed by atoms with Gasteiger partial charge >= 0.3 is 0 Å². The van der Waals surface area contributed by atoms with E-state index in [4.69, 9.17) is 4.74 Å². The molecular formula is C24H28N4O5S2. The molecule has 186 valence electrons. The van der Waals surface area contributed by atoms with Crippen LogP contribution in [0.25, 0.3) is 10.2 Å². The lowest BCUT2D eigenvalue weighted by Gasteiger charge is -2.36. The monoisotopic (exact) mass is 516 g/mol. The molecule has 1 aliphatic rings. The van der Waals surface area contributed by atoms with Crippen molar-refractivity contribution in [1.29, 1.82) is 0 Å². The van der Waals surface area contributed by atoms with E-state index in [2.05, 4.69) is 9.89 Å². The predicted molar refractivity (Wildman–Crippen MR) is 136 cm³/mol. The third-order valence-electron chi connectivity index (χ3n) is 5.77. The van der Waals surface area contributed by atoms with Gasteiger partial charge in [-0.15, -0.1) is 0 Å². The predicted octanol–water partition coefficient (Wildman–Crippen LogP) is 1.54. The largest absolute Gasteiger partial charge is 0.383 e. The summed E-state index contributed by atoms with van der Waals surface area (Å²) in [6.07, 6.45) is 0. The molecule has 0 N–H and O–H groups in total. The number of ether oxygens (including phenoxy) is 1. The summed E-state index contributed by atoms with van der Waals surface area (Å²) in [5.41, 5.74) is 1.97. The first-order chi connectivity index (χ1) is 16.9. The lowest BCUT2D eigenvalue weighted by atomic mass is 10.2. The second kappa shape index (κ2) is 11.1. The molecular weight excluding hydrogens is 488 g/mol. The number of hydrogen-bond donors (Lipinski definition) is 0. The number of nitrogens with zero attached hydrogens (tertiary/aromatic N) is 4. The van der Waals surface area contributed by atoms with Crippen molar-refractivity contribution in [3.63, 3.8) is 0 Å². The van der Waals surface area contributed by atoms with E-state index in [1.807, 2.05) is 59.2 Å². The highest BCUT2D eigenvalue weighted by molar-refractivity contribution is 7.92. The minimum absolute atomic E-state index is 0.409. The van der Waals surface area contributed by atoms with Crippen LogP contribution in [0.5, 0.6) is 0 Å². The molecule has 0 atom stereocenters. The number of benzene rings is 2. The van der Waals surface area contributed by atoms with Gasteiger partial charge in [-0.25, -0.2) is 8.42 Å². The molecule has 3 aromatic rings. The normalized spacial score (nSPS) is 15.1. The number of hydrogen-bond acceptors (Lipinski definition) is 7. The molecule has 1 aromatic heterocycles. The maximum Gasteiger partial charge on any atom is 0.263 e. The number of rotatable bonds is 8. The van der Waals surface area contributed by atoms with Crippen molar-refractivity contribution in [1.82, 2.24) is 9.47 Å². The number of carbonyl (C=O) groups excluding carboxylic acids is 2. The number of anilines is 1. The summed E-state index contributed by atoms with van der Waals surface area (Å²) in [6, 6.07) is 17.5. The van der Waals surface area contributed by atoms with Crippen molar-refractivity contribution in [3.8, 4) is 0 Å². The Bertz CT molecular complexity index is 1360. The fraction of sp³-hybridized carbons (Fsp3) is 0.375. The van der Waals surface area contributed by atoms with Gasteiger partial charge < -0.3 is 19.1 Å². The molecule has 11 heteroatoms. The van der Waals surface area contributed by atoms with Crippen LogP contribution in [0.4, 0.5) is 5.69 Å². The number of sulfone groups is 1. The van der Waals surface area contributed by atoms with Crippen LogP contribution < -0.4 is 9.70 Å². The Kier molecular flexibility index (Phi) is 7.99. The zero-order chi connectivity index (χ0) is 24.8. The molecule has 35 heavy (non-hydrogen) atoms. The molecule has 0 bridgehead atoms. The Morgan fingerprint density at radius 3 is 2.37 bits per heavy atom. The van der Waals surface area contributed by atoms with E-state index in [-0.39, 0.29) is 0 Å². The summed E-state index contributed by atoms with van der Waals surface area (Å²) < 4.78 is 33.2. The molecule has 0 spiro atoms. The van der Waals surface area contributed by atoms with Crippen LogP contribution in [0.15, 0.2) is 59.6 Å². The molecule has 2 heterocycles. The summed E-state index contributed by atoms with van der Waals surface area (Å²) in [5, 5.41) is 0. The molecule has 9 nitrogen and oxygen atoms in total. The van der Waals surface area contributed by atoms with Gasteiger partial charge in [0, 0.05) is 45.5 Å². The highest BCUT2D eigenvalue weighted by atomic mass is 32.2. The summed E-state index contributed by atoms with van der Waals surface area (Å²) >= 11 is 1.31. The van der Waals surface area contributed by atoms with Gasteiger partial charge in [0.2, 0.25) is 5.91 Å². The molecule has 0 radical (unpaired) electrons. The number of aromatic nitrogens is 1. The van der Waals surface area contributed by atoms with Crippen LogP contribution >= 0.6 is 11.3 Å². The molecule has 1 fully saturated rings. The van der Waals surface area contributed by atoms with E-state index < -0.39 is 33.2 Å². The van der Waals surface area contributed by atoms with Crippen molar-refractivity contribution < 1.29 is 22.7 Å². The third-order valence-corrected chi connectivity index (χ3v) is 8.20. The van der Waals surface area contributed by atoms with Gasteiger partial charge in [0.15, 0.2) is 14.6 Å². The van der Waals surface area contributed by atoms with E-state index in [1.54, 1.807) is 12.0 Å². The molecule has 2 aromatic carbocycles. The number of carbonyl (C=O) groups is 2. The number of para-hydroxylation sites is 2. The molecule has 0 saturated carbocycles. The topological polar surface area (TPSA) is 101 Å². The Hall–Kier alpha value is -3.02. The Labute approximate surface area is 208 Å². The minimum Gasteiger partial charge on any atom is -0.383 e. The molecule has 1 saturated heterocycles. The highest BCUT2D eigenvalue weighted by Crippen LogP contribution is 2.17. The van der Waals surface area contributed by atoms with Crippen molar-refractivity contribution in [2.75, 3.05) is 56.3 Å². The average molecular weight is 517 g/mol. The Morgan fingerprint density at radius 1 is 0.971 bits per heavy atom. The van der Waals surface area contributed by atoms with Crippen molar-refractivity contribution in [2.24, 2.45) is 4.99 Å². The average Bonchev–Trinajstić information content (AvgIpc) is 3.19. The van der Waals surface area contributed by atoms with E-state index in [0.29, 0.717) is 44.1 Å². The lowest BCUT2D eigenvalue weighted by Crippen LogP contribution is -2.50. The molecule has 1 aliphatic heterocycles. The van der Waals surface area contributed by atoms with Crippen LogP contribution in [-0.2, 0) is 30.7 Å². The fourth-order valence-corrected chi connectivity index (χ4v) is 6.19. The van der Waals surface area contributed by atoms with Crippen LogP contribution in [0.1, 0.15) is 0 Å². The number of thiazole rings is 1. The van der Waals surface area contributed by atoms with Crippen molar-refractivity contribution >= 4 is 48.9 Å². The van der Waals surface area contributed by atoms with Crippen molar-refractivity contribution in [2.45, 2.75) is 6.54 Å². The smallest absolute Gasteiger partial charge is 0.263 e. The minimum atomic E-state index is -3.95. The van der Waals surface area contributed by atoms with E-state index in [9.17, 15) is 18.0 Å². The second-order valence-corrected chi connectivity index (χ2v) is 11.3. The van der Waals surface area contributed by atoms with Gasteiger partial charge in [0.05, 0.1) is 16.8 Å². The molecule has 0 unspecified atom stereocenters. The van der Waals surface area contributed by atoms with Gasteiger partial charge in [0.25, 0.3) is 5.91 Å². The van der Waals surface area contributed by atoms with Crippen molar-refractivity contribution in [3.05, 3.63) is 59.4 Å². The standard InChI is InChI=1S/C24H28N4O5S2/c1-33-16-15-28-20-9-5-6-10-21(20)34-24(28)25-22(29)17-35(31,32)18-23(30)27-13-11-26(12-14-27)19-7-3-2-4-8-19/h2-10H,11-18H2,1H3. The summed E-state index contributed by atoms with van der Waals surface area (Å²) in [6.45, 7) is 3.01. The molecule has 2 amide bonds. The van der Waals surface area contributed by atoms with Gasteiger partial charge in [0.1, 0.15) is 11.5 Å². The SMILES string of the molecule is COCCn1c(=NC(=O)CS(=O)(=O)CC(=O)N2CCN(c3ccccc3)CC2)sc2ccccc21. The summed E-state index contributed by atoms with van der Waals surface area (Å²) in [7, 11) is -2.37. The van der Waals surface area contributed by atoms with Gasteiger partial charge in [-0.1, -0.05) is 41.7 Å². The number of piperazine rings is 1. The van der Waals surface area contributed by atoms with Crippen LogP contribution in [0, 0.1) is 0 Å². The van der Waals surface area contributed by atoms with Gasteiger partial charge in [-0.3, -0.25) is 9.59 Å². The van der Waals surface area contributed by atoms with E-state index in [0.717, 1.165) is 15.9 Å². The third kappa shape index (κ3) is 6.36. The maximum atomic E-state index is 12.7. The lowest BCUT2D eigenvalue weighted by molar-refractivity contribution is -0.128. The van der Waals surface area contributed by atoms with E-state index in [1.165, 1.54) is 11.3 Å². The fourth-order valence-electron chi connectivity index (χ4n) is 4.02. The molecule has 0 aliphatic carbocycles. The van der Waals surface area contributed by atoms with Crippen LogP contribution in [0.3, 0.4) is 0 Å². The second-order valence-electron chi connectivity index (χ2n) is 8.24. The van der Waals surface area contributed by atoms with E-state index >= 15 is 0 Å². The first kappa shape index (κ1) is 25.1. The van der Waals surface area contributed by atoms with Gasteiger partial charge in [-0.2, -0.15) is 4.99 Å². The zero-order valence-corrected chi connectivity index (χ0v) is 21.1. The molecule has 4 rings (SSSR count).